The Labute approximate surface area is 143 Å². The molecule has 0 bridgehead atoms. The van der Waals surface area contributed by atoms with Crippen LogP contribution in [0.25, 0.3) is 0 Å². The number of nitrogens with one attached hydrogen (secondary N) is 1. The number of aryl methyl sites for hydroxylation is 2. The lowest BCUT2D eigenvalue weighted by molar-refractivity contribution is 0.0954. The maximum Gasteiger partial charge on any atom is 0.251 e. The molecule has 6 heteroatoms. The van der Waals surface area contributed by atoms with Crippen LogP contribution >= 0.6 is 0 Å². The molecule has 1 N–H and O–H groups in total. The van der Waals surface area contributed by atoms with Crippen LogP contribution in [0.3, 0.4) is 0 Å². The molecule has 24 heavy (non-hydrogen) atoms. The maximum atomic E-state index is 12.2. The van der Waals surface area contributed by atoms with Gasteiger partial charge in [-0.1, -0.05) is 35.9 Å². The molecule has 0 aromatic heterocycles. The van der Waals surface area contributed by atoms with Gasteiger partial charge >= 0.3 is 0 Å². The summed E-state index contributed by atoms with van der Waals surface area (Å²) < 4.78 is 25.4. The number of sulfonamides is 1. The van der Waals surface area contributed by atoms with Crippen molar-refractivity contribution < 1.29 is 13.2 Å². The van der Waals surface area contributed by atoms with Crippen molar-refractivity contribution in [3.8, 4) is 0 Å². The Kier molecular flexibility index (Phi) is 5.62. The van der Waals surface area contributed by atoms with Crippen LogP contribution in [0.2, 0.25) is 0 Å². The van der Waals surface area contributed by atoms with E-state index in [9.17, 15) is 13.2 Å². The predicted molar refractivity (Wildman–Crippen MR) is 96.9 cm³/mol. The van der Waals surface area contributed by atoms with Crippen molar-refractivity contribution in [3.05, 3.63) is 65.2 Å². The Morgan fingerprint density at radius 2 is 1.67 bits per heavy atom. The summed E-state index contributed by atoms with van der Waals surface area (Å²) in [4.78, 5) is 12.2. The van der Waals surface area contributed by atoms with E-state index in [1.54, 1.807) is 24.3 Å². The minimum atomic E-state index is -3.42. The van der Waals surface area contributed by atoms with Gasteiger partial charge in [-0.05, 0) is 37.6 Å². The lowest BCUT2D eigenvalue weighted by Crippen LogP contribution is -2.38. The molecule has 0 fully saturated rings. The first-order valence-electron chi connectivity index (χ1n) is 7.67. The summed E-state index contributed by atoms with van der Waals surface area (Å²) >= 11 is 0. The summed E-state index contributed by atoms with van der Waals surface area (Å²) in [5, 5.41) is 2.78. The van der Waals surface area contributed by atoms with Crippen LogP contribution in [-0.2, 0) is 10.0 Å². The number of anilines is 1. The van der Waals surface area contributed by atoms with E-state index in [1.807, 2.05) is 38.1 Å². The second kappa shape index (κ2) is 7.49. The number of nitrogens with zero attached hydrogens (tertiary/aromatic N) is 1. The van der Waals surface area contributed by atoms with Crippen molar-refractivity contribution in [2.24, 2.45) is 0 Å². The molecule has 0 aliphatic rings. The topological polar surface area (TPSA) is 66.5 Å². The van der Waals surface area contributed by atoms with E-state index in [4.69, 9.17) is 0 Å². The Balaban J connectivity index is 2.05. The standard InChI is InChI=1S/C18H22N2O3S/c1-14-8-10-16(11-9-14)20(24(3,22)23)13-12-19-18(21)17-7-5-4-6-15(17)2/h4-11H,12-13H2,1-3H3,(H,19,21). The number of hydrogen-bond acceptors (Lipinski definition) is 3. The van der Waals surface area contributed by atoms with Crippen molar-refractivity contribution in [2.45, 2.75) is 13.8 Å². The van der Waals surface area contributed by atoms with Gasteiger partial charge in [-0.25, -0.2) is 8.42 Å². The molecule has 0 atom stereocenters. The first-order valence-corrected chi connectivity index (χ1v) is 9.52. The third-order valence-electron chi connectivity index (χ3n) is 3.71. The lowest BCUT2D eigenvalue weighted by Gasteiger charge is -2.22. The van der Waals surface area contributed by atoms with Crippen molar-refractivity contribution in [1.82, 2.24) is 5.32 Å². The molecule has 0 saturated carbocycles. The van der Waals surface area contributed by atoms with Crippen molar-refractivity contribution >= 4 is 21.6 Å². The molecule has 0 unspecified atom stereocenters. The maximum absolute atomic E-state index is 12.2. The molecule has 0 aliphatic carbocycles. The number of benzene rings is 2. The molecule has 2 aromatic carbocycles. The molecule has 0 radical (unpaired) electrons. The van der Waals surface area contributed by atoms with Gasteiger partial charge in [0.05, 0.1) is 18.5 Å². The molecule has 5 nitrogen and oxygen atoms in total. The van der Waals surface area contributed by atoms with Crippen LogP contribution in [0.15, 0.2) is 48.5 Å². The minimum absolute atomic E-state index is 0.180. The number of carbonyl (C=O) groups is 1. The van der Waals surface area contributed by atoms with Crippen molar-refractivity contribution in [2.75, 3.05) is 23.7 Å². The van der Waals surface area contributed by atoms with Gasteiger partial charge in [0.15, 0.2) is 0 Å². The first-order chi connectivity index (χ1) is 11.3. The van der Waals surface area contributed by atoms with E-state index in [2.05, 4.69) is 5.32 Å². The molecule has 0 heterocycles. The van der Waals surface area contributed by atoms with Crippen LogP contribution in [0.5, 0.6) is 0 Å². The predicted octanol–water partition coefficient (Wildman–Crippen LogP) is 2.50. The summed E-state index contributed by atoms with van der Waals surface area (Å²) in [6, 6.07) is 14.5. The van der Waals surface area contributed by atoms with Crippen LogP contribution in [0.4, 0.5) is 5.69 Å². The average Bonchev–Trinajstić information content (AvgIpc) is 2.52. The molecule has 0 spiro atoms. The zero-order valence-corrected chi connectivity index (χ0v) is 14.9. The number of carbonyl (C=O) groups excluding carboxylic acids is 1. The zero-order valence-electron chi connectivity index (χ0n) is 14.1. The monoisotopic (exact) mass is 346 g/mol. The van der Waals surface area contributed by atoms with Gasteiger partial charge in [0.25, 0.3) is 5.91 Å². The Morgan fingerprint density at radius 1 is 1.04 bits per heavy atom. The fourth-order valence-corrected chi connectivity index (χ4v) is 3.32. The van der Waals surface area contributed by atoms with E-state index in [-0.39, 0.29) is 19.0 Å². The average molecular weight is 346 g/mol. The Morgan fingerprint density at radius 3 is 2.25 bits per heavy atom. The highest BCUT2D eigenvalue weighted by molar-refractivity contribution is 7.92. The molecule has 0 saturated heterocycles. The van der Waals surface area contributed by atoms with E-state index < -0.39 is 10.0 Å². The van der Waals surface area contributed by atoms with Gasteiger partial charge in [0, 0.05) is 12.1 Å². The zero-order chi connectivity index (χ0) is 17.7. The highest BCUT2D eigenvalue weighted by atomic mass is 32.2. The third kappa shape index (κ3) is 4.58. The minimum Gasteiger partial charge on any atom is -0.350 e. The second-order valence-corrected chi connectivity index (χ2v) is 7.65. The molecule has 2 rings (SSSR count). The van der Waals surface area contributed by atoms with E-state index >= 15 is 0 Å². The number of rotatable bonds is 6. The Bertz CT molecular complexity index is 814. The first kappa shape index (κ1) is 18.0. The van der Waals surface area contributed by atoms with Gasteiger partial charge in [-0.2, -0.15) is 0 Å². The molecular formula is C18H22N2O3S. The van der Waals surface area contributed by atoms with Crippen LogP contribution in [0.1, 0.15) is 21.5 Å². The summed E-state index contributed by atoms with van der Waals surface area (Å²) in [5.74, 6) is -0.203. The highest BCUT2D eigenvalue weighted by Crippen LogP contribution is 2.17. The third-order valence-corrected chi connectivity index (χ3v) is 4.91. The van der Waals surface area contributed by atoms with Gasteiger partial charge < -0.3 is 5.32 Å². The summed E-state index contributed by atoms with van der Waals surface area (Å²) in [5.41, 5.74) is 3.13. The van der Waals surface area contributed by atoms with Crippen LogP contribution in [-0.4, -0.2) is 33.7 Å². The summed E-state index contributed by atoms with van der Waals surface area (Å²) in [7, 11) is -3.42. The molecular weight excluding hydrogens is 324 g/mol. The van der Waals surface area contributed by atoms with Gasteiger partial charge in [-0.3, -0.25) is 9.10 Å². The number of amides is 1. The Hall–Kier alpha value is -2.34. The molecule has 1 amide bonds. The molecule has 0 aliphatic heterocycles. The largest absolute Gasteiger partial charge is 0.350 e. The van der Waals surface area contributed by atoms with Gasteiger partial charge in [0.2, 0.25) is 10.0 Å². The molecule has 2 aromatic rings. The lowest BCUT2D eigenvalue weighted by atomic mass is 10.1. The normalized spacial score (nSPS) is 11.1. The summed E-state index contributed by atoms with van der Waals surface area (Å²) in [6.45, 7) is 4.22. The van der Waals surface area contributed by atoms with E-state index in [0.717, 1.165) is 17.4 Å². The van der Waals surface area contributed by atoms with Gasteiger partial charge in [-0.15, -0.1) is 0 Å². The van der Waals surface area contributed by atoms with Crippen LogP contribution in [0, 0.1) is 13.8 Å². The van der Waals surface area contributed by atoms with Crippen molar-refractivity contribution in [3.63, 3.8) is 0 Å². The van der Waals surface area contributed by atoms with E-state index in [1.165, 1.54) is 4.31 Å². The second-order valence-electron chi connectivity index (χ2n) is 5.74. The van der Waals surface area contributed by atoms with Crippen molar-refractivity contribution in [1.29, 1.82) is 0 Å². The summed E-state index contributed by atoms with van der Waals surface area (Å²) in [6.07, 6.45) is 1.16. The highest BCUT2D eigenvalue weighted by Gasteiger charge is 2.17. The van der Waals surface area contributed by atoms with E-state index in [0.29, 0.717) is 11.3 Å². The fourth-order valence-electron chi connectivity index (χ4n) is 2.39. The molecule has 128 valence electrons. The smallest absolute Gasteiger partial charge is 0.251 e. The van der Waals surface area contributed by atoms with Crippen LogP contribution < -0.4 is 9.62 Å². The quantitative estimate of drug-likeness (QED) is 0.874. The number of hydrogen-bond donors (Lipinski definition) is 1. The fraction of sp³-hybridized carbons (Fsp3) is 0.278. The van der Waals surface area contributed by atoms with Gasteiger partial charge in [0.1, 0.15) is 0 Å². The SMILES string of the molecule is Cc1ccc(N(CCNC(=O)c2ccccc2C)S(C)(=O)=O)cc1.